The fraction of sp³-hybridized carbons (Fsp3) is 0.130. The molecule has 0 spiro atoms. The number of carbonyl (C=O) groups excluding carboxylic acids is 2. The Morgan fingerprint density at radius 2 is 2.03 bits per heavy atom. The van der Waals surface area contributed by atoms with Crippen molar-refractivity contribution in [1.29, 1.82) is 0 Å². The van der Waals surface area contributed by atoms with Crippen molar-refractivity contribution in [1.82, 2.24) is 15.3 Å². The molecule has 174 valence electrons. The first-order chi connectivity index (χ1) is 16.5. The maximum absolute atomic E-state index is 12.3. The predicted molar refractivity (Wildman–Crippen MR) is 128 cm³/mol. The van der Waals surface area contributed by atoms with Gasteiger partial charge >= 0.3 is 6.09 Å². The minimum Gasteiger partial charge on any atom is -0.489 e. The Morgan fingerprint density at radius 1 is 1.15 bits per heavy atom. The number of nitrogens with zero attached hydrogens (tertiary/aromatic N) is 2. The van der Waals surface area contributed by atoms with Crippen LogP contribution in [0.1, 0.15) is 16.1 Å². The van der Waals surface area contributed by atoms with Gasteiger partial charge in [0.15, 0.2) is 5.75 Å². The van der Waals surface area contributed by atoms with Gasteiger partial charge in [0.2, 0.25) is 0 Å². The molecule has 0 saturated heterocycles. The fourth-order valence-corrected chi connectivity index (χ4v) is 4.11. The van der Waals surface area contributed by atoms with Crippen molar-refractivity contribution in [2.45, 2.75) is 6.61 Å². The summed E-state index contributed by atoms with van der Waals surface area (Å²) in [5, 5.41) is 16.5. The van der Waals surface area contributed by atoms with Crippen LogP contribution in [0.25, 0.3) is 10.1 Å². The quantitative estimate of drug-likeness (QED) is 0.301. The second-order valence-electron chi connectivity index (χ2n) is 7.00. The number of aromatic nitrogens is 2. The lowest BCUT2D eigenvalue weighted by Gasteiger charge is -2.10. The van der Waals surface area contributed by atoms with E-state index in [2.05, 4.69) is 20.6 Å². The summed E-state index contributed by atoms with van der Waals surface area (Å²) in [5.74, 6) is 0.765. The van der Waals surface area contributed by atoms with Gasteiger partial charge in [0.25, 0.3) is 5.91 Å². The molecular weight excluding hydrogens is 458 g/mol. The Kier molecular flexibility index (Phi) is 7.16. The molecule has 34 heavy (non-hydrogen) atoms. The minimum absolute atomic E-state index is 0.0787. The number of aliphatic hydroxyl groups is 1. The van der Waals surface area contributed by atoms with Crippen molar-refractivity contribution in [3.05, 3.63) is 71.5 Å². The number of nitrogens with one attached hydrogen (secondary N) is 2. The van der Waals surface area contributed by atoms with Gasteiger partial charge in [-0.15, -0.1) is 11.3 Å². The van der Waals surface area contributed by atoms with Crippen LogP contribution in [0, 0.1) is 0 Å². The number of rotatable bonds is 8. The summed E-state index contributed by atoms with van der Waals surface area (Å²) in [7, 11) is 0. The Labute approximate surface area is 198 Å². The molecule has 5 N–H and O–H groups in total. The molecule has 0 atom stereocenters. The van der Waals surface area contributed by atoms with E-state index in [1.54, 1.807) is 48.7 Å². The van der Waals surface area contributed by atoms with Gasteiger partial charge in [-0.3, -0.25) is 9.78 Å². The van der Waals surface area contributed by atoms with Crippen molar-refractivity contribution in [3.63, 3.8) is 0 Å². The van der Waals surface area contributed by atoms with Gasteiger partial charge < -0.3 is 30.9 Å². The van der Waals surface area contributed by atoms with Gasteiger partial charge in [0, 0.05) is 35.4 Å². The number of nitrogens with two attached hydrogens (primary N) is 1. The molecule has 4 rings (SSSR count). The van der Waals surface area contributed by atoms with E-state index in [1.807, 2.05) is 5.38 Å². The van der Waals surface area contributed by atoms with Gasteiger partial charge in [-0.1, -0.05) is 12.1 Å². The van der Waals surface area contributed by atoms with Gasteiger partial charge in [-0.25, -0.2) is 9.78 Å². The molecule has 4 aromatic rings. The van der Waals surface area contributed by atoms with Crippen molar-refractivity contribution < 1.29 is 24.2 Å². The van der Waals surface area contributed by atoms with E-state index in [9.17, 15) is 9.59 Å². The number of hydrogen-bond donors (Lipinski definition) is 4. The Bertz CT molecular complexity index is 1310. The monoisotopic (exact) mass is 479 g/mol. The third kappa shape index (κ3) is 5.39. The van der Waals surface area contributed by atoms with E-state index in [1.165, 1.54) is 17.5 Å². The lowest BCUT2D eigenvalue weighted by atomic mass is 10.2. The third-order valence-electron chi connectivity index (χ3n) is 4.64. The average molecular weight is 480 g/mol. The summed E-state index contributed by atoms with van der Waals surface area (Å²) in [6.07, 6.45) is 2.24. The molecule has 0 saturated carbocycles. The minimum atomic E-state index is -0.697. The number of hydrogen-bond acceptors (Lipinski definition) is 9. The van der Waals surface area contributed by atoms with Crippen LogP contribution in [0.15, 0.2) is 60.2 Å². The standard InChI is InChI=1S/C23H21N5O5S/c24-21-19-14(13-34-20(19)18(11-27-21)33-23(31)26-8-9-29)12-32-16-5-3-4-15(10-16)28-22(30)17-6-1-2-7-25-17/h1-7,10-11,13,29H,8-9,12H2,(H2,24,27)(H,26,31)(H,28,30). The molecule has 3 heterocycles. The van der Waals surface area contributed by atoms with Crippen LogP contribution in [0.3, 0.4) is 0 Å². The van der Waals surface area contributed by atoms with E-state index in [0.29, 0.717) is 27.2 Å². The van der Waals surface area contributed by atoms with E-state index in [-0.39, 0.29) is 37.2 Å². The number of anilines is 2. The second kappa shape index (κ2) is 10.6. The molecule has 0 radical (unpaired) electrons. The van der Waals surface area contributed by atoms with E-state index >= 15 is 0 Å². The highest BCUT2D eigenvalue weighted by Crippen LogP contribution is 2.37. The summed E-state index contributed by atoms with van der Waals surface area (Å²) in [6, 6.07) is 12.1. The Morgan fingerprint density at radius 3 is 2.82 bits per heavy atom. The number of pyridine rings is 2. The normalized spacial score (nSPS) is 10.6. The molecule has 10 nitrogen and oxygen atoms in total. The van der Waals surface area contributed by atoms with Crippen LogP contribution >= 0.6 is 11.3 Å². The first kappa shape index (κ1) is 23.0. The van der Waals surface area contributed by atoms with Crippen LogP contribution in [0.4, 0.5) is 16.3 Å². The first-order valence-corrected chi connectivity index (χ1v) is 11.1. The maximum Gasteiger partial charge on any atom is 0.412 e. The summed E-state index contributed by atoms with van der Waals surface area (Å²) >= 11 is 1.35. The summed E-state index contributed by atoms with van der Waals surface area (Å²) < 4.78 is 11.9. The molecule has 0 fully saturated rings. The maximum atomic E-state index is 12.3. The highest BCUT2D eigenvalue weighted by molar-refractivity contribution is 7.17. The number of ether oxygens (including phenoxy) is 2. The van der Waals surface area contributed by atoms with Crippen molar-refractivity contribution >= 4 is 44.9 Å². The zero-order valence-electron chi connectivity index (χ0n) is 17.9. The highest BCUT2D eigenvalue weighted by atomic mass is 32.1. The van der Waals surface area contributed by atoms with E-state index in [4.69, 9.17) is 20.3 Å². The molecule has 0 bridgehead atoms. The smallest absolute Gasteiger partial charge is 0.412 e. The molecule has 11 heteroatoms. The van der Waals surface area contributed by atoms with Crippen molar-refractivity contribution in [3.8, 4) is 11.5 Å². The number of amides is 2. The molecule has 3 aromatic heterocycles. The predicted octanol–water partition coefficient (Wildman–Crippen LogP) is 3.19. The van der Waals surface area contributed by atoms with Crippen molar-refractivity contribution in [2.24, 2.45) is 0 Å². The number of carbonyl (C=O) groups is 2. The lowest BCUT2D eigenvalue weighted by molar-refractivity contribution is 0.102. The molecule has 0 aliphatic carbocycles. The number of fused-ring (bicyclic) bond motifs is 1. The summed E-state index contributed by atoms with van der Waals surface area (Å²) in [5.41, 5.74) is 7.73. The van der Waals surface area contributed by atoms with E-state index < -0.39 is 6.09 Å². The average Bonchev–Trinajstić information content (AvgIpc) is 3.29. The molecule has 0 aliphatic heterocycles. The molecular formula is C23H21N5O5S. The fourth-order valence-electron chi connectivity index (χ4n) is 3.10. The first-order valence-electron chi connectivity index (χ1n) is 10.2. The Balaban J connectivity index is 1.46. The molecule has 2 amide bonds. The van der Waals surface area contributed by atoms with Crippen LogP contribution in [0.5, 0.6) is 11.5 Å². The van der Waals surface area contributed by atoms with Crippen LogP contribution in [0.2, 0.25) is 0 Å². The lowest BCUT2D eigenvalue weighted by Crippen LogP contribution is -2.29. The number of thiophene rings is 1. The SMILES string of the molecule is Nc1ncc(OC(=O)NCCO)c2scc(COc3cccc(NC(=O)c4ccccn4)c3)c12. The third-order valence-corrected chi connectivity index (χ3v) is 5.68. The van der Waals surface area contributed by atoms with Crippen molar-refractivity contribution in [2.75, 3.05) is 24.2 Å². The van der Waals surface area contributed by atoms with E-state index in [0.717, 1.165) is 5.56 Å². The zero-order valence-corrected chi connectivity index (χ0v) is 18.7. The molecule has 1 aromatic carbocycles. The Hall–Kier alpha value is -4.22. The second-order valence-corrected chi connectivity index (χ2v) is 7.88. The molecule has 0 unspecified atom stereocenters. The number of aliphatic hydroxyl groups excluding tert-OH is 1. The van der Waals surface area contributed by atoms with Crippen LogP contribution in [-0.2, 0) is 6.61 Å². The highest BCUT2D eigenvalue weighted by Gasteiger charge is 2.16. The number of benzene rings is 1. The van der Waals surface area contributed by atoms with Crippen LogP contribution < -0.4 is 25.8 Å². The van der Waals surface area contributed by atoms with Gasteiger partial charge in [-0.2, -0.15) is 0 Å². The largest absolute Gasteiger partial charge is 0.489 e. The molecule has 0 aliphatic rings. The summed E-state index contributed by atoms with van der Waals surface area (Å²) in [4.78, 5) is 32.4. The topological polar surface area (TPSA) is 149 Å². The number of nitrogen functional groups attached to an aromatic ring is 1. The van der Waals surface area contributed by atoms with Gasteiger partial charge in [0.1, 0.15) is 23.9 Å². The zero-order chi connectivity index (χ0) is 23.9. The van der Waals surface area contributed by atoms with Crippen LogP contribution in [-0.4, -0.2) is 40.2 Å². The van der Waals surface area contributed by atoms with Gasteiger partial charge in [0.05, 0.1) is 17.5 Å². The van der Waals surface area contributed by atoms with Gasteiger partial charge in [-0.05, 0) is 29.6 Å². The summed E-state index contributed by atoms with van der Waals surface area (Å²) in [6.45, 7) is 0.0674.